The molecule has 1 aromatic heterocycles. The molecule has 3 N–H and O–H groups in total. The molecule has 0 amide bonds. The molecule has 94 valence electrons. The van der Waals surface area contributed by atoms with Gasteiger partial charge in [-0.25, -0.2) is 5.43 Å². The van der Waals surface area contributed by atoms with Crippen LogP contribution in [0.15, 0.2) is 11.6 Å². The van der Waals surface area contributed by atoms with Crippen LogP contribution >= 0.6 is 0 Å². The Morgan fingerprint density at radius 3 is 2.65 bits per heavy atom. The summed E-state index contributed by atoms with van der Waals surface area (Å²) in [4.78, 5) is 0. The van der Waals surface area contributed by atoms with Crippen LogP contribution in [0.2, 0.25) is 0 Å². The van der Waals surface area contributed by atoms with Crippen molar-refractivity contribution >= 4 is 0 Å². The van der Waals surface area contributed by atoms with E-state index in [0.717, 1.165) is 12.1 Å². The highest BCUT2D eigenvalue weighted by atomic mass is 15.3. The van der Waals surface area contributed by atoms with Gasteiger partial charge in [0.05, 0.1) is 11.7 Å². The second-order valence-electron chi connectivity index (χ2n) is 4.83. The van der Waals surface area contributed by atoms with E-state index in [1.165, 1.54) is 36.1 Å². The van der Waals surface area contributed by atoms with Crippen LogP contribution in [-0.2, 0) is 7.05 Å². The molecule has 0 spiro atoms. The van der Waals surface area contributed by atoms with Crippen molar-refractivity contribution in [1.82, 2.24) is 15.2 Å². The monoisotopic (exact) mass is 234 g/mol. The summed E-state index contributed by atoms with van der Waals surface area (Å²) in [5.74, 6) is 5.75. The van der Waals surface area contributed by atoms with E-state index in [2.05, 4.69) is 30.4 Å². The first kappa shape index (κ1) is 12.3. The molecular formula is C13H22N4. The number of aromatic nitrogens is 2. The molecule has 1 unspecified atom stereocenters. The number of hydrogen-bond donors (Lipinski definition) is 2. The maximum absolute atomic E-state index is 5.75. The first-order chi connectivity index (χ1) is 8.15. The molecule has 0 radical (unpaired) electrons. The highest BCUT2D eigenvalue weighted by Gasteiger charge is 2.23. The first-order valence-corrected chi connectivity index (χ1v) is 6.30. The molecule has 1 aliphatic rings. The molecule has 4 heteroatoms. The second kappa shape index (κ2) is 5.02. The Hall–Kier alpha value is -1.13. The molecule has 1 heterocycles. The average Bonchev–Trinajstić information content (AvgIpc) is 2.58. The maximum atomic E-state index is 5.75. The van der Waals surface area contributed by atoms with E-state index in [1.54, 1.807) is 0 Å². The topological polar surface area (TPSA) is 55.9 Å². The van der Waals surface area contributed by atoms with Gasteiger partial charge in [0.2, 0.25) is 0 Å². The van der Waals surface area contributed by atoms with Crippen LogP contribution < -0.4 is 11.3 Å². The molecule has 1 aliphatic carbocycles. The summed E-state index contributed by atoms with van der Waals surface area (Å²) in [6.07, 6.45) is 7.21. The number of allylic oxidation sites excluding steroid dienone is 1. The maximum Gasteiger partial charge on any atom is 0.0706 e. The Bertz CT molecular complexity index is 431. The van der Waals surface area contributed by atoms with Crippen molar-refractivity contribution in [2.75, 3.05) is 0 Å². The van der Waals surface area contributed by atoms with E-state index in [1.807, 2.05) is 11.7 Å². The van der Waals surface area contributed by atoms with Crippen LogP contribution in [-0.4, -0.2) is 9.78 Å². The van der Waals surface area contributed by atoms with Crippen molar-refractivity contribution in [2.24, 2.45) is 12.9 Å². The fourth-order valence-corrected chi connectivity index (χ4v) is 2.71. The zero-order valence-electron chi connectivity index (χ0n) is 11.0. The Morgan fingerprint density at radius 1 is 1.41 bits per heavy atom. The molecule has 17 heavy (non-hydrogen) atoms. The Morgan fingerprint density at radius 2 is 2.18 bits per heavy atom. The predicted molar refractivity (Wildman–Crippen MR) is 69.3 cm³/mol. The van der Waals surface area contributed by atoms with Gasteiger partial charge < -0.3 is 0 Å². The molecule has 0 bridgehead atoms. The molecule has 1 aromatic rings. The van der Waals surface area contributed by atoms with Gasteiger partial charge in [-0.2, -0.15) is 5.10 Å². The molecule has 0 fully saturated rings. The molecule has 1 atom stereocenters. The van der Waals surface area contributed by atoms with Crippen LogP contribution in [0.5, 0.6) is 0 Å². The van der Waals surface area contributed by atoms with E-state index >= 15 is 0 Å². The van der Waals surface area contributed by atoms with E-state index in [-0.39, 0.29) is 6.04 Å². The minimum atomic E-state index is 0.129. The fourth-order valence-electron chi connectivity index (χ4n) is 2.71. The number of rotatable bonds is 3. The lowest BCUT2D eigenvalue weighted by Gasteiger charge is -2.23. The van der Waals surface area contributed by atoms with Crippen molar-refractivity contribution in [3.05, 3.63) is 28.6 Å². The number of nitrogens with one attached hydrogen (secondary N) is 1. The largest absolute Gasteiger partial charge is 0.272 e. The summed E-state index contributed by atoms with van der Waals surface area (Å²) in [5.41, 5.74) is 7.88. The lowest BCUT2D eigenvalue weighted by Crippen LogP contribution is -2.30. The summed E-state index contributed by atoms with van der Waals surface area (Å²) >= 11 is 0. The molecular weight excluding hydrogens is 212 g/mol. The van der Waals surface area contributed by atoms with Crippen molar-refractivity contribution in [1.29, 1.82) is 0 Å². The van der Waals surface area contributed by atoms with Crippen LogP contribution in [0.1, 0.15) is 48.7 Å². The van der Waals surface area contributed by atoms with Crippen molar-refractivity contribution < 1.29 is 0 Å². The standard InChI is InChI=1S/C13H22N4/c1-9-12(10(2)17(3)16-9)13(15-14)11-7-5-4-6-8-11/h7,13,15H,4-6,8,14H2,1-3H3. The molecule has 2 rings (SSSR count). The number of aryl methyl sites for hydroxylation is 2. The second-order valence-corrected chi connectivity index (χ2v) is 4.83. The van der Waals surface area contributed by atoms with Crippen LogP contribution in [0, 0.1) is 13.8 Å². The SMILES string of the molecule is Cc1nn(C)c(C)c1C(NN)C1=CCCCC1. The Balaban J connectivity index is 2.37. The summed E-state index contributed by atoms with van der Waals surface area (Å²) in [6, 6.07) is 0.129. The zero-order chi connectivity index (χ0) is 12.4. The lowest BCUT2D eigenvalue weighted by atomic mass is 9.89. The number of hydrazine groups is 1. The van der Waals surface area contributed by atoms with Crippen LogP contribution in [0.3, 0.4) is 0 Å². The molecule has 0 aliphatic heterocycles. The van der Waals surface area contributed by atoms with E-state index in [0.29, 0.717) is 0 Å². The summed E-state index contributed by atoms with van der Waals surface area (Å²) < 4.78 is 1.93. The molecule has 0 aromatic carbocycles. The summed E-state index contributed by atoms with van der Waals surface area (Å²) in [7, 11) is 1.98. The highest BCUT2D eigenvalue weighted by Crippen LogP contribution is 2.32. The third-order valence-corrected chi connectivity index (χ3v) is 3.72. The third kappa shape index (κ3) is 2.28. The normalized spacial score (nSPS) is 18.0. The molecule has 0 saturated heterocycles. The van der Waals surface area contributed by atoms with E-state index < -0.39 is 0 Å². The minimum Gasteiger partial charge on any atom is -0.272 e. The van der Waals surface area contributed by atoms with E-state index in [4.69, 9.17) is 5.84 Å². The van der Waals surface area contributed by atoms with Crippen molar-refractivity contribution in [3.8, 4) is 0 Å². The zero-order valence-corrected chi connectivity index (χ0v) is 11.0. The van der Waals surface area contributed by atoms with Gasteiger partial charge in [0.25, 0.3) is 0 Å². The molecule has 4 nitrogen and oxygen atoms in total. The van der Waals surface area contributed by atoms with Gasteiger partial charge >= 0.3 is 0 Å². The van der Waals surface area contributed by atoms with Gasteiger partial charge in [-0.15, -0.1) is 0 Å². The van der Waals surface area contributed by atoms with Gasteiger partial charge in [0, 0.05) is 18.3 Å². The Kier molecular flexibility index (Phi) is 3.64. The number of nitrogens with two attached hydrogens (primary N) is 1. The Labute approximate surface area is 103 Å². The van der Waals surface area contributed by atoms with E-state index in [9.17, 15) is 0 Å². The van der Waals surface area contributed by atoms with Crippen LogP contribution in [0.25, 0.3) is 0 Å². The minimum absolute atomic E-state index is 0.129. The summed E-state index contributed by atoms with van der Waals surface area (Å²) in [5, 5.41) is 4.47. The quantitative estimate of drug-likeness (QED) is 0.478. The smallest absolute Gasteiger partial charge is 0.0706 e. The third-order valence-electron chi connectivity index (χ3n) is 3.72. The van der Waals surface area contributed by atoms with Crippen molar-refractivity contribution in [3.63, 3.8) is 0 Å². The first-order valence-electron chi connectivity index (χ1n) is 6.30. The van der Waals surface area contributed by atoms with Crippen molar-refractivity contribution in [2.45, 2.75) is 45.6 Å². The lowest BCUT2D eigenvalue weighted by molar-refractivity contribution is 0.561. The number of nitrogens with zero attached hydrogens (tertiary/aromatic N) is 2. The predicted octanol–water partition coefficient (Wildman–Crippen LogP) is 2.04. The fraction of sp³-hybridized carbons (Fsp3) is 0.615. The van der Waals surface area contributed by atoms with Crippen LogP contribution in [0.4, 0.5) is 0 Å². The van der Waals surface area contributed by atoms with Gasteiger partial charge in [-0.3, -0.25) is 10.5 Å². The van der Waals surface area contributed by atoms with Gasteiger partial charge in [-0.05, 0) is 39.5 Å². The number of hydrogen-bond acceptors (Lipinski definition) is 3. The summed E-state index contributed by atoms with van der Waals surface area (Å²) in [6.45, 7) is 4.15. The van der Waals surface area contributed by atoms with Gasteiger partial charge in [-0.1, -0.05) is 11.6 Å². The average molecular weight is 234 g/mol. The molecule has 0 saturated carbocycles. The highest BCUT2D eigenvalue weighted by molar-refractivity contribution is 5.35. The van der Waals surface area contributed by atoms with Gasteiger partial charge in [0.1, 0.15) is 0 Å². The van der Waals surface area contributed by atoms with Gasteiger partial charge in [0.15, 0.2) is 0 Å².